The average Bonchev–Trinajstić information content (AvgIpc) is 2.39. The van der Waals surface area contributed by atoms with Gasteiger partial charge in [0, 0.05) is 24.0 Å². The molecule has 0 aromatic heterocycles. The first kappa shape index (κ1) is 15.7. The molecule has 106 valence electrons. The van der Waals surface area contributed by atoms with Crippen molar-refractivity contribution in [2.45, 2.75) is 20.4 Å². The summed E-state index contributed by atoms with van der Waals surface area (Å²) in [6.45, 7) is 5.91. The SMILES string of the molecule is CCN(Cc1ccc(F)cc1Cl)CC(C)C(N)=NO. The van der Waals surface area contributed by atoms with Gasteiger partial charge in [-0.05, 0) is 24.2 Å². The van der Waals surface area contributed by atoms with Crippen LogP contribution in [0.4, 0.5) is 4.39 Å². The summed E-state index contributed by atoms with van der Waals surface area (Å²) in [6.07, 6.45) is 0. The van der Waals surface area contributed by atoms with Crippen molar-refractivity contribution < 1.29 is 9.60 Å². The molecule has 0 aliphatic heterocycles. The first-order valence-corrected chi connectivity index (χ1v) is 6.49. The third-order valence-electron chi connectivity index (χ3n) is 3.01. The Hall–Kier alpha value is -1.33. The van der Waals surface area contributed by atoms with Crippen LogP contribution in [0.25, 0.3) is 0 Å². The van der Waals surface area contributed by atoms with Crippen LogP contribution >= 0.6 is 11.6 Å². The third kappa shape index (κ3) is 4.69. The van der Waals surface area contributed by atoms with E-state index in [0.717, 1.165) is 12.1 Å². The molecule has 0 heterocycles. The summed E-state index contributed by atoms with van der Waals surface area (Å²) >= 11 is 6.00. The molecule has 0 amide bonds. The Morgan fingerprint density at radius 3 is 2.79 bits per heavy atom. The topological polar surface area (TPSA) is 61.8 Å². The Balaban J connectivity index is 2.71. The van der Waals surface area contributed by atoms with Gasteiger partial charge in [0.25, 0.3) is 0 Å². The molecule has 1 unspecified atom stereocenters. The fraction of sp³-hybridized carbons (Fsp3) is 0.462. The Morgan fingerprint density at radius 1 is 1.58 bits per heavy atom. The summed E-state index contributed by atoms with van der Waals surface area (Å²) < 4.78 is 13.0. The van der Waals surface area contributed by atoms with Crippen molar-refractivity contribution in [2.75, 3.05) is 13.1 Å². The maximum Gasteiger partial charge on any atom is 0.143 e. The summed E-state index contributed by atoms with van der Waals surface area (Å²) in [4.78, 5) is 2.10. The van der Waals surface area contributed by atoms with Crippen LogP contribution in [0.2, 0.25) is 5.02 Å². The lowest BCUT2D eigenvalue weighted by atomic mass is 10.1. The molecule has 0 aliphatic carbocycles. The molecule has 0 saturated heterocycles. The van der Waals surface area contributed by atoms with Crippen LogP contribution in [-0.4, -0.2) is 29.0 Å². The normalized spacial score (nSPS) is 13.8. The molecule has 19 heavy (non-hydrogen) atoms. The molecular formula is C13H19ClFN3O. The van der Waals surface area contributed by atoms with Crippen molar-refractivity contribution >= 4 is 17.4 Å². The van der Waals surface area contributed by atoms with Gasteiger partial charge >= 0.3 is 0 Å². The van der Waals surface area contributed by atoms with Gasteiger partial charge in [-0.3, -0.25) is 4.90 Å². The fourth-order valence-corrected chi connectivity index (χ4v) is 2.00. The van der Waals surface area contributed by atoms with Gasteiger partial charge in [0.15, 0.2) is 0 Å². The Morgan fingerprint density at radius 2 is 2.26 bits per heavy atom. The van der Waals surface area contributed by atoms with Gasteiger partial charge in [0.05, 0.1) is 0 Å². The standard InChI is InChI=1S/C13H19ClFN3O/c1-3-18(7-9(2)13(16)17-19)8-10-4-5-11(15)6-12(10)14/h4-6,9,19H,3,7-8H2,1-2H3,(H2,16,17). The van der Waals surface area contributed by atoms with Crippen molar-refractivity contribution in [3.8, 4) is 0 Å². The smallest absolute Gasteiger partial charge is 0.143 e. The van der Waals surface area contributed by atoms with Gasteiger partial charge in [-0.2, -0.15) is 0 Å². The predicted molar refractivity (Wildman–Crippen MR) is 74.9 cm³/mol. The molecule has 0 bridgehead atoms. The van der Waals surface area contributed by atoms with E-state index in [4.69, 9.17) is 22.5 Å². The lowest BCUT2D eigenvalue weighted by Crippen LogP contribution is -2.34. The number of hydrogen-bond donors (Lipinski definition) is 2. The number of hydrogen-bond acceptors (Lipinski definition) is 3. The van der Waals surface area contributed by atoms with Crippen LogP contribution < -0.4 is 5.73 Å². The van der Waals surface area contributed by atoms with Crippen LogP contribution in [0.15, 0.2) is 23.4 Å². The highest BCUT2D eigenvalue weighted by Crippen LogP contribution is 2.19. The first-order chi connectivity index (χ1) is 8.97. The van der Waals surface area contributed by atoms with Crippen LogP contribution in [0.3, 0.4) is 0 Å². The lowest BCUT2D eigenvalue weighted by Gasteiger charge is -2.24. The van der Waals surface area contributed by atoms with E-state index in [1.54, 1.807) is 6.07 Å². The monoisotopic (exact) mass is 287 g/mol. The molecule has 0 fully saturated rings. The summed E-state index contributed by atoms with van der Waals surface area (Å²) in [5, 5.41) is 12.1. The number of nitrogens with two attached hydrogens (primary N) is 1. The quantitative estimate of drug-likeness (QED) is 0.366. The molecule has 1 rings (SSSR count). The van der Waals surface area contributed by atoms with E-state index < -0.39 is 0 Å². The van der Waals surface area contributed by atoms with E-state index >= 15 is 0 Å². The van der Waals surface area contributed by atoms with E-state index in [2.05, 4.69) is 10.1 Å². The van der Waals surface area contributed by atoms with Crippen molar-refractivity contribution in [3.05, 3.63) is 34.6 Å². The third-order valence-corrected chi connectivity index (χ3v) is 3.36. The number of rotatable bonds is 6. The van der Waals surface area contributed by atoms with Gasteiger partial charge in [0.2, 0.25) is 0 Å². The fourth-order valence-electron chi connectivity index (χ4n) is 1.78. The second-order valence-electron chi connectivity index (χ2n) is 4.49. The van der Waals surface area contributed by atoms with Gasteiger partial charge < -0.3 is 10.9 Å². The molecule has 3 N–H and O–H groups in total. The summed E-state index contributed by atoms with van der Waals surface area (Å²) in [5.74, 6) is -0.213. The highest BCUT2D eigenvalue weighted by Gasteiger charge is 2.14. The van der Waals surface area contributed by atoms with Gasteiger partial charge in [0.1, 0.15) is 11.7 Å². The minimum atomic E-state index is -0.346. The molecule has 6 heteroatoms. The van der Waals surface area contributed by atoms with Gasteiger partial charge in [-0.1, -0.05) is 36.7 Å². The van der Waals surface area contributed by atoms with Crippen molar-refractivity contribution in [2.24, 2.45) is 16.8 Å². The predicted octanol–water partition coefficient (Wildman–Crippen LogP) is 2.68. The second-order valence-corrected chi connectivity index (χ2v) is 4.90. The molecule has 1 atom stereocenters. The number of amidine groups is 1. The maximum absolute atomic E-state index is 13.0. The van der Waals surface area contributed by atoms with Crippen LogP contribution in [0.5, 0.6) is 0 Å². The van der Waals surface area contributed by atoms with Crippen LogP contribution in [0, 0.1) is 11.7 Å². The number of halogens is 2. The summed E-state index contributed by atoms with van der Waals surface area (Å²) in [5.41, 5.74) is 6.42. The maximum atomic E-state index is 13.0. The molecule has 0 spiro atoms. The second kappa shape index (κ2) is 7.31. The zero-order valence-corrected chi connectivity index (χ0v) is 11.9. The molecule has 4 nitrogen and oxygen atoms in total. The van der Waals surface area contributed by atoms with Crippen LogP contribution in [0.1, 0.15) is 19.4 Å². The zero-order valence-electron chi connectivity index (χ0n) is 11.1. The molecule has 0 saturated carbocycles. The van der Waals surface area contributed by atoms with E-state index in [-0.39, 0.29) is 17.6 Å². The number of oxime groups is 1. The van der Waals surface area contributed by atoms with E-state index in [0.29, 0.717) is 18.1 Å². The molecule has 1 aromatic carbocycles. The molecule has 0 aliphatic rings. The summed E-state index contributed by atoms with van der Waals surface area (Å²) in [7, 11) is 0. The highest BCUT2D eigenvalue weighted by atomic mass is 35.5. The van der Waals surface area contributed by atoms with Crippen molar-refractivity contribution in [1.82, 2.24) is 4.90 Å². The Bertz CT molecular complexity index is 454. The largest absolute Gasteiger partial charge is 0.409 e. The summed E-state index contributed by atoms with van der Waals surface area (Å²) in [6, 6.07) is 4.37. The minimum absolute atomic E-state index is 0.0656. The average molecular weight is 288 g/mol. The number of nitrogens with zero attached hydrogens (tertiary/aromatic N) is 2. The first-order valence-electron chi connectivity index (χ1n) is 6.11. The van der Waals surface area contributed by atoms with Crippen molar-refractivity contribution in [3.63, 3.8) is 0 Å². The minimum Gasteiger partial charge on any atom is -0.409 e. The molecular weight excluding hydrogens is 269 g/mol. The lowest BCUT2D eigenvalue weighted by molar-refractivity contribution is 0.257. The molecule has 0 radical (unpaired) electrons. The van der Waals surface area contributed by atoms with E-state index in [1.807, 2.05) is 13.8 Å². The van der Waals surface area contributed by atoms with E-state index in [1.165, 1.54) is 12.1 Å². The van der Waals surface area contributed by atoms with E-state index in [9.17, 15) is 4.39 Å². The van der Waals surface area contributed by atoms with Gasteiger partial charge in [-0.25, -0.2) is 4.39 Å². The Labute approximate surface area is 117 Å². The molecule has 1 aromatic rings. The highest BCUT2D eigenvalue weighted by molar-refractivity contribution is 6.31. The van der Waals surface area contributed by atoms with Crippen LogP contribution in [-0.2, 0) is 6.54 Å². The van der Waals surface area contributed by atoms with Crippen molar-refractivity contribution in [1.29, 1.82) is 0 Å². The zero-order chi connectivity index (χ0) is 14.4. The number of benzene rings is 1. The van der Waals surface area contributed by atoms with Gasteiger partial charge in [-0.15, -0.1) is 0 Å². The Kier molecular flexibility index (Phi) is 6.05.